The Morgan fingerprint density at radius 1 is 0.296 bits per heavy atom. The minimum absolute atomic E-state index is 0.588. The molecule has 4 aromatic carbocycles. The number of nitrogens with zero attached hydrogens (tertiary/aromatic N) is 2. The van der Waals surface area contributed by atoms with Crippen LogP contribution in [0, 0.1) is 0 Å². The number of guanidine groups is 1. The van der Waals surface area contributed by atoms with Crippen LogP contribution in [0.1, 0.15) is 272 Å². The molecule has 0 aromatic heterocycles. The first-order valence-corrected chi connectivity index (χ1v) is 34.0. The van der Waals surface area contributed by atoms with Crippen molar-refractivity contribution in [2.24, 2.45) is 0 Å². The van der Waals surface area contributed by atoms with Gasteiger partial charge in [0.15, 0.2) is 34.5 Å². The van der Waals surface area contributed by atoms with Crippen LogP contribution in [-0.4, -0.2) is 89.8 Å². The molecule has 460 valence electrons. The summed E-state index contributed by atoms with van der Waals surface area (Å²) in [6.45, 7) is 16.2. The summed E-state index contributed by atoms with van der Waals surface area (Å²) >= 11 is 0. The number of unbranched alkanes of at least 4 members (excludes halogenated alkanes) is 31. The second kappa shape index (κ2) is 44.3. The molecule has 4 rings (SSSR count). The van der Waals surface area contributed by atoms with E-state index in [1.165, 1.54) is 193 Å². The Kier molecular flexibility index (Phi) is 37.8. The molecule has 0 heterocycles. The fourth-order valence-electron chi connectivity index (χ4n) is 11.2. The average molecular weight is 1130 g/mol. The van der Waals surface area contributed by atoms with E-state index in [0.29, 0.717) is 39.6 Å². The zero-order valence-corrected chi connectivity index (χ0v) is 53.9. The summed E-state index contributed by atoms with van der Waals surface area (Å²) in [5, 5.41) is 10.3. The van der Waals surface area contributed by atoms with Crippen LogP contribution in [-0.2, 0) is 0 Å². The Morgan fingerprint density at radius 3 is 0.667 bits per heavy atom. The fourth-order valence-corrected chi connectivity index (χ4v) is 11.2. The van der Waals surface area contributed by atoms with Crippen molar-refractivity contribution in [2.45, 2.75) is 272 Å². The van der Waals surface area contributed by atoms with E-state index in [9.17, 15) is 0 Å². The lowest BCUT2D eigenvalue weighted by Gasteiger charge is -2.21. The van der Waals surface area contributed by atoms with Gasteiger partial charge < -0.3 is 28.4 Å². The minimum atomic E-state index is 0.588. The molecular weight excluding hydrogens is 1000 g/mol. The van der Waals surface area contributed by atoms with Gasteiger partial charge in [0.1, 0.15) is 0 Å². The first kappa shape index (κ1) is 69.2. The highest BCUT2D eigenvalue weighted by atomic mass is 16.5. The van der Waals surface area contributed by atoms with E-state index in [0.717, 1.165) is 124 Å². The summed E-state index contributed by atoms with van der Waals surface area (Å²) in [7, 11) is 8.33. The highest BCUT2D eigenvalue weighted by Gasteiger charge is 2.21. The van der Waals surface area contributed by atoms with E-state index < -0.39 is 0 Å². The van der Waals surface area contributed by atoms with Gasteiger partial charge in [-0.05, 0) is 114 Å². The highest BCUT2D eigenvalue weighted by molar-refractivity contribution is 6.26. The number of nitrogens with one attached hydrogen (secondary N) is 1. The third-order valence-electron chi connectivity index (χ3n) is 16.1. The maximum atomic E-state index is 6.88. The van der Waals surface area contributed by atoms with E-state index in [-0.39, 0.29) is 0 Å². The summed E-state index contributed by atoms with van der Waals surface area (Å²) in [4.78, 5) is 2.13. The molecule has 0 amide bonds. The molecule has 9 nitrogen and oxygen atoms in total. The largest absolute Gasteiger partial charge is 0.490 e. The number of hydrogen-bond donors (Lipinski definition) is 1. The zero-order chi connectivity index (χ0) is 58.0. The fraction of sp³-hybridized carbons (Fsp3) is 0.736. The average Bonchev–Trinajstić information content (AvgIpc) is 3.66. The topological polar surface area (TPSA) is 73.7 Å². The van der Waals surface area contributed by atoms with Crippen LogP contribution in [0.3, 0.4) is 0 Å². The third kappa shape index (κ3) is 27.3. The van der Waals surface area contributed by atoms with Crippen molar-refractivity contribution >= 4 is 38.3 Å². The van der Waals surface area contributed by atoms with Crippen LogP contribution >= 0.6 is 0 Å². The van der Waals surface area contributed by atoms with Crippen molar-refractivity contribution < 1.29 is 33.0 Å². The number of hydrogen-bond acceptors (Lipinski definition) is 6. The minimum Gasteiger partial charge on any atom is -0.490 e. The number of fused-ring (bicyclic) bond motifs is 6. The molecule has 1 N–H and O–H groups in total. The van der Waals surface area contributed by atoms with Crippen molar-refractivity contribution in [3.8, 4) is 34.5 Å². The normalized spacial score (nSPS) is 11.5. The zero-order valence-electron chi connectivity index (χ0n) is 53.9. The van der Waals surface area contributed by atoms with Crippen molar-refractivity contribution in [3.63, 3.8) is 0 Å². The van der Waals surface area contributed by atoms with Gasteiger partial charge in [-0.3, -0.25) is 14.8 Å². The Labute approximate surface area is 496 Å². The summed E-state index contributed by atoms with van der Waals surface area (Å²) in [6, 6.07) is 13.7. The lowest BCUT2D eigenvalue weighted by atomic mass is 9.93. The molecule has 0 aliphatic heterocycles. The van der Waals surface area contributed by atoms with E-state index in [2.05, 4.69) is 114 Å². The Morgan fingerprint density at radius 2 is 0.481 bits per heavy atom. The van der Waals surface area contributed by atoms with E-state index in [1.807, 2.05) is 0 Å². The molecule has 0 atom stereocenters. The van der Waals surface area contributed by atoms with Gasteiger partial charge in [0, 0.05) is 0 Å². The molecule has 0 bridgehead atoms. The molecule has 0 spiro atoms. The maximum absolute atomic E-state index is 6.88. The standard InChI is InChI=1S/C72H121N3O6/c1-10-15-20-25-30-35-41-48-76-66-54-60-61-55-67(77-49-42-36-31-26-21-16-11-2)69(79-51-44-38-33-28-23-18-13-4)57-63(61)65-59-71(81-53-46-40-47-73-72(74(6)7)75(8)9)70(80-52-45-39-34-29-24-19-14-5)58-64(65)62(60)56-68(66)78-50-43-37-32-27-22-17-12-3/h54-59H,10-53H2,1-9H3/p+1. The molecule has 4 aromatic rings. The maximum Gasteiger partial charge on any atom is 0.347 e. The van der Waals surface area contributed by atoms with Gasteiger partial charge in [-0.1, -0.05) is 227 Å². The van der Waals surface area contributed by atoms with Gasteiger partial charge in [0.25, 0.3) is 0 Å². The van der Waals surface area contributed by atoms with Crippen LogP contribution in [0.25, 0.3) is 32.3 Å². The predicted octanol–water partition coefficient (Wildman–Crippen LogP) is 20.7. The predicted molar refractivity (Wildman–Crippen MR) is 350 cm³/mol. The molecule has 0 fully saturated rings. The van der Waals surface area contributed by atoms with E-state index >= 15 is 0 Å². The highest BCUT2D eigenvalue weighted by Crippen LogP contribution is 2.47. The molecule has 0 saturated carbocycles. The molecule has 0 unspecified atom stereocenters. The lowest BCUT2D eigenvalue weighted by Crippen LogP contribution is -2.42. The smallest absolute Gasteiger partial charge is 0.347 e. The van der Waals surface area contributed by atoms with Gasteiger partial charge in [0.2, 0.25) is 0 Å². The molecule has 0 aliphatic rings. The van der Waals surface area contributed by atoms with Crippen molar-refractivity contribution in [1.29, 1.82) is 0 Å². The van der Waals surface area contributed by atoms with Crippen LogP contribution < -0.4 is 33.7 Å². The third-order valence-corrected chi connectivity index (χ3v) is 16.1. The molecule has 0 saturated heterocycles. The molecule has 81 heavy (non-hydrogen) atoms. The van der Waals surface area contributed by atoms with Crippen LogP contribution in [0.15, 0.2) is 36.4 Å². The summed E-state index contributed by atoms with van der Waals surface area (Å²) in [5.74, 6) is 5.99. The van der Waals surface area contributed by atoms with Gasteiger partial charge >= 0.3 is 5.96 Å². The first-order chi connectivity index (χ1) is 39.8. The van der Waals surface area contributed by atoms with Gasteiger partial charge in [-0.25, -0.2) is 0 Å². The quantitative estimate of drug-likeness (QED) is 0.0154. The molecule has 0 aliphatic carbocycles. The van der Waals surface area contributed by atoms with E-state index in [1.54, 1.807) is 0 Å². The second-order valence-electron chi connectivity index (χ2n) is 24.0. The summed E-state index contributed by atoms with van der Waals surface area (Å²) in [6.07, 6.45) is 45.2. The Bertz CT molecular complexity index is 2210. The molecular formula is C72H122N3O6+. The Hall–Kier alpha value is -4.27. The van der Waals surface area contributed by atoms with E-state index in [4.69, 9.17) is 28.4 Å². The van der Waals surface area contributed by atoms with Gasteiger partial charge in [0.05, 0.1) is 74.4 Å². The van der Waals surface area contributed by atoms with Gasteiger partial charge in [-0.2, -0.15) is 0 Å². The SMILES string of the molecule is CCCCCCCCCOc1cc2c3cc(OCCCCCCCCC)c(OCCCCCCCCC)cc3c3cc(OCCCCNC(N(C)C)=[N+](C)C)c(OCCCCCCCCC)cc3c2cc1OCCCCCCCCC. The molecule has 9 heteroatoms. The summed E-state index contributed by atoms with van der Waals surface area (Å²) in [5.41, 5.74) is 0. The number of benzene rings is 4. The van der Waals surface area contributed by atoms with Gasteiger partial charge in [-0.15, -0.1) is 0 Å². The van der Waals surface area contributed by atoms with Crippen molar-refractivity contribution in [3.05, 3.63) is 36.4 Å². The number of rotatable bonds is 51. The second-order valence-corrected chi connectivity index (χ2v) is 24.0. The van der Waals surface area contributed by atoms with Crippen LogP contribution in [0.4, 0.5) is 0 Å². The summed E-state index contributed by atoms with van der Waals surface area (Å²) < 4.78 is 43.3. The lowest BCUT2D eigenvalue weighted by molar-refractivity contribution is -0.472. The van der Waals surface area contributed by atoms with Crippen molar-refractivity contribution in [2.75, 3.05) is 74.4 Å². The van der Waals surface area contributed by atoms with Crippen LogP contribution in [0.2, 0.25) is 0 Å². The Balaban J connectivity index is 1.87. The number of ether oxygens (including phenoxy) is 6. The van der Waals surface area contributed by atoms with Crippen LogP contribution in [0.5, 0.6) is 34.5 Å². The first-order valence-electron chi connectivity index (χ1n) is 34.0. The monoisotopic (exact) mass is 1120 g/mol. The molecule has 0 radical (unpaired) electrons. The van der Waals surface area contributed by atoms with Crippen molar-refractivity contribution in [1.82, 2.24) is 10.2 Å².